The summed E-state index contributed by atoms with van der Waals surface area (Å²) in [4.78, 5) is 0. The third-order valence-corrected chi connectivity index (χ3v) is 3.44. The van der Waals surface area contributed by atoms with Crippen molar-refractivity contribution >= 4 is 0 Å². The number of nitrogens with one attached hydrogen (secondary N) is 1. The highest BCUT2D eigenvalue weighted by molar-refractivity contribution is 5.26. The van der Waals surface area contributed by atoms with E-state index >= 15 is 0 Å². The quantitative estimate of drug-likeness (QED) is 0.819. The highest BCUT2D eigenvalue weighted by Gasteiger charge is 2.17. The van der Waals surface area contributed by atoms with Crippen LogP contribution in [-0.4, -0.2) is 11.1 Å². The molecule has 1 aromatic carbocycles. The zero-order chi connectivity index (χ0) is 11.4. The first-order valence-corrected chi connectivity index (χ1v) is 6.25. The molecule has 16 heavy (non-hydrogen) atoms. The lowest BCUT2D eigenvalue weighted by Gasteiger charge is -2.27. The molecule has 2 nitrogen and oxygen atoms in total. The maximum Gasteiger partial charge on any atom is 0.115 e. The molecule has 1 aromatic rings. The van der Waals surface area contributed by atoms with Crippen molar-refractivity contribution in [2.45, 2.75) is 45.2 Å². The van der Waals surface area contributed by atoms with Crippen LogP contribution in [0, 0.1) is 5.92 Å². The van der Waals surface area contributed by atoms with Crippen molar-refractivity contribution in [3.05, 3.63) is 29.8 Å². The highest BCUT2D eigenvalue weighted by atomic mass is 16.3. The van der Waals surface area contributed by atoms with Gasteiger partial charge in [-0.3, -0.25) is 0 Å². The van der Waals surface area contributed by atoms with Crippen molar-refractivity contribution in [1.82, 2.24) is 5.32 Å². The molecular formula is C14H21NO. The average molecular weight is 219 g/mol. The van der Waals surface area contributed by atoms with E-state index in [1.807, 2.05) is 12.1 Å². The van der Waals surface area contributed by atoms with Crippen LogP contribution in [0.4, 0.5) is 0 Å². The summed E-state index contributed by atoms with van der Waals surface area (Å²) < 4.78 is 0. The van der Waals surface area contributed by atoms with E-state index in [0.717, 1.165) is 12.5 Å². The van der Waals surface area contributed by atoms with Crippen LogP contribution in [0.25, 0.3) is 0 Å². The third-order valence-electron chi connectivity index (χ3n) is 3.44. The van der Waals surface area contributed by atoms with Gasteiger partial charge in [0.2, 0.25) is 0 Å². The third kappa shape index (κ3) is 3.24. The average Bonchev–Trinajstić information content (AvgIpc) is 2.27. The van der Waals surface area contributed by atoms with Crippen LogP contribution in [0.5, 0.6) is 5.75 Å². The van der Waals surface area contributed by atoms with Crippen LogP contribution >= 0.6 is 0 Å². The molecule has 0 spiro atoms. The van der Waals surface area contributed by atoms with E-state index < -0.39 is 0 Å². The van der Waals surface area contributed by atoms with Crippen molar-refractivity contribution in [1.29, 1.82) is 0 Å². The van der Waals surface area contributed by atoms with Gasteiger partial charge in [-0.05, 0) is 36.5 Å². The van der Waals surface area contributed by atoms with Crippen molar-refractivity contribution in [2.24, 2.45) is 5.92 Å². The normalized spacial score (nSPS) is 25.6. The number of phenols is 1. The molecule has 0 amide bonds. The van der Waals surface area contributed by atoms with Crippen molar-refractivity contribution < 1.29 is 5.11 Å². The fourth-order valence-electron chi connectivity index (χ4n) is 2.55. The molecule has 0 heterocycles. The second-order valence-corrected chi connectivity index (χ2v) is 5.02. The van der Waals surface area contributed by atoms with E-state index in [4.69, 9.17) is 0 Å². The molecule has 0 aromatic heterocycles. The fraction of sp³-hybridized carbons (Fsp3) is 0.571. The molecule has 2 N–H and O–H groups in total. The lowest BCUT2D eigenvalue weighted by Crippen LogP contribution is -2.33. The molecule has 1 saturated carbocycles. The molecule has 0 radical (unpaired) electrons. The predicted molar refractivity (Wildman–Crippen MR) is 66.4 cm³/mol. The molecule has 1 fully saturated rings. The van der Waals surface area contributed by atoms with Gasteiger partial charge in [-0.25, -0.2) is 0 Å². The highest BCUT2D eigenvalue weighted by Crippen LogP contribution is 2.23. The molecule has 0 saturated heterocycles. The van der Waals surface area contributed by atoms with Gasteiger partial charge in [0.1, 0.15) is 5.75 Å². The minimum absolute atomic E-state index is 0.358. The van der Waals surface area contributed by atoms with Crippen LogP contribution in [0.1, 0.15) is 38.2 Å². The Morgan fingerprint density at radius 1 is 1.38 bits per heavy atom. The van der Waals surface area contributed by atoms with Crippen LogP contribution in [0.15, 0.2) is 24.3 Å². The van der Waals surface area contributed by atoms with Crippen molar-refractivity contribution in [3.8, 4) is 5.75 Å². The van der Waals surface area contributed by atoms with Crippen LogP contribution < -0.4 is 5.32 Å². The van der Waals surface area contributed by atoms with Gasteiger partial charge >= 0.3 is 0 Å². The molecule has 2 atom stereocenters. The van der Waals surface area contributed by atoms with Crippen LogP contribution in [-0.2, 0) is 6.54 Å². The van der Waals surface area contributed by atoms with Gasteiger partial charge in [0.15, 0.2) is 0 Å². The second-order valence-electron chi connectivity index (χ2n) is 5.02. The molecule has 2 rings (SSSR count). The van der Waals surface area contributed by atoms with E-state index in [-0.39, 0.29) is 0 Å². The second kappa shape index (κ2) is 5.35. The Bertz CT molecular complexity index is 337. The largest absolute Gasteiger partial charge is 0.508 e. The minimum Gasteiger partial charge on any atom is -0.508 e. The topological polar surface area (TPSA) is 32.3 Å². The van der Waals surface area contributed by atoms with Gasteiger partial charge in [0.05, 0.1) is 0 Å². The molecule has 0 aliphatic heterocycles. The first-order valence-electron chi connectivity index (χ1n) is 6.25. The zero-order valence-corrected chi connectivity index (χ0v) is 9.95. The van der Waals surface area contributed by atoms with Gasteiger partial charge in [0, 0.05) is 12.6 Å². The number of benzene rings is 1. The number of hydrogen-bond donors (Lipinski definition) is 2. The molecule has 2 unspecified atom stereocenters. The summed E-state index contributed by atoms with van der Waals surface area (Å²) in [6.07, 6.45) is 5.31. The summed E-state index contributed by atoms with van der Waals surface area (Å²) in [7, 11) is 0. The smallest absolute Gasteiger partial charge is 0.115 e. The Labute approximate surface area is 97.7 Å². The molecule has 2 heteroatoms. The maximum absolute atomic E-state index is 9.36. The SMILES string of the molecule is CC1CCCC(NCc2cccc(O)c2)C1. The minimum atomic E-state index is 0.358. The van der Waals surface area contributed by atoms with E-state index in [9.17, 15) is 5.11 Å². The Kier molecular flexibility index (Phi) is 3.83. The first-order chi connectivity index (χ1) is 7.74. The number of aromatic hydroxyl groups is 1. The number of phenolic OH excluding ortho intramolecular Hbond substituents is 1. The summed E-state index contributed by atoms with van der Waals surface area (Å²) in [5, 5.41) is 12.9. The van der Waals surface area contributed by atoms with Crippen LogP contribution in [0.2, 0.25) is 0 Å². The predicted octanol–water partition coefficient (Wildman–Crippen LogP) is 3.06. The summed E-state index contributed by atoms with van der Waals surface area (Å²) in [6.45, 7) is 3.20. The Morgan fingerprint density at radius 2 is 2.25 bits per heavy atom. The van der Waals surface area contributed by atoms with E-state index in [1.165, 1.54) is 31.2 Å². The van der Waals surface area contributed by atoms with Gasteiger partial charge in [-0.15, -0.1) is 0 Å². The van der Waals surface area contributed by atoms with E-state index in [1.54, 1.807) is 6.07 Å². The molecule has 1 aliphatic carbocycles. The van der Waals surface area contributed by atoms with Crippen molar-refractivity contribution in [3.63, 3.8) is 0 Å². The Morgan fingerprint density at radius 3 is 3.00 bits per heavy atom. The zero-order valence-electron chi connectivity index (χ0n) is 9.95. The van der Waals surface area contributed by atoms with E-state index in [0.29, 0.717) is 11.8 Å². The van der Waals surface area contributed by atoms with E-state index in [2.05, 4.69) is 18.3 Å². The summed E-state index contributed by atoms with van der Waals surface area (Å²) in [5.41, 5.74) is 1.17. The van der Waals surface area contributed by atoms with Crippen molar-refractivity contribution in [2.75, 3.05) is 0 Å². The Hall–Kier alpha value is -1.02. The van der Waals surface area contributed by atoms with Gasteiger partial charge in [0.25, 0.3) is 0 Å². The van der Waals surface area contributed by atoms with Crippen LogP contribution in [0.3, 0.4) is 0 Å². The molecule has 0 bridgehead atoms. The summed E-state index contributed by atoms with van der Waals surface area (Å²) in [5.74, 6) is 1.21. The maximum atomic E-state index is 9.36. The first kappa shape index (κ1) is 11.5. The monoisotopic (exact) mass is 219 g/mol. The summed E-state index contributed by atoms with van der Waals surface area (Å²) >= 11 is 0. The molecular weight excluding hydrogens is 198 g/mol. The standard InChI is InChI=1S/C14H21NO/c1-11-4-2-6-13(8-11)15-10-12-5-3-7-14(16)9-12/h3,5,7,9,11,13,15-16H,2,4,6,8,10H2,1H3. The summed E-state index contributed by atoms with van der Waals surface area (Å²) in [6, 6.07) is 8.16. The number of hydrogen-bond acceptors (Lipinski definition) is 2. The lowest BCUT2D eigenvalue weighted by atomic mass is 9.87. The molecule has 88 valence electrons. The fourth-order valence-corrected chi connectivity index (χ4v) is 2.55. The molecule has 1 aliphatic rings. The van der Waals surface area contributed by atoms with Gasteiger partial charge in [-0.2, -0.15) is 0 Å². The Balaban J connectivity index is 1.82. The lowest BCUT2D eigenvalue weighted by molar-refractivity contribution is 0.300. The van der Waals surface area contributed by atoms with Gasteiger partial charge in [-0.1, -0.05) is 31.9 Å². The number of rotatable bonds is 3. The van der Waals surface area contributed by atoms with Gasteiger partial charge < -0.3 is 10.4 Å².